The molecule has 1 aromatic carbocycles. The molecule has 0 saturated carbocycles. The summed E-state index contributed by atoms with van der Waals surface area (Å²) in [6, 6.07) is 8.60. The summed E-state index contributed by atoms with van der Waals surface area (Å²) >= 11 is 0. The minimum Gasteiger partial charge on any atom is -0.497 e. The van der Waals surface area contributed by atoms with E-state index in [1.165, 1.54) is 11.9 Å². The standard InChI is InChI=1S/C19H23N5O2/c1-13-17-18(20-12-21-19(17)26-23-13)22-15-6-4-8-24(11-15)10-14-5-3-7-16(9-14)25-2/h3,5,7,9,12,15H,4,6,8,10-11H2,1-2H3,(H,20,21,22). The van der Waals surface area contributed by atoms with E-state index in [-0.39, 0.29) is 0 Å². The molecule has 2 aromatic heterocycles. The van der Waals surface area contributed by atoms with Gasteiger partial charge in [-0.3, -0.25) is 4.90 Å². The number of fused-ring (bicyclic) bond motifs is 1. The highest BCUT2D eigenvalue weighted by Gasteiger charge is 2.22. The SMILES string of the molecule is COc1cccc(CN2CCCC(Nc3ncnc4onc(C)c34)C2)c1. The van der Waals surface area contributed by atoms with Gasteiger partial charge in [-0.05, 0) is 44.0 Å². The molecule has 7 heteroatoms. The summed E-state index contributed by atoms with van der Waals surface area (Å²) in [5.41, 5.74) is 2.61. The van der Waals surface area contributed by atoms with Gasteiger partial charge in [-0.25, -0.2) is 4.98 Å². The third-order valence-corrected chi connectivity index (χ3v) is 4.83. The number of nitrogens with zero attached hydrogens (tertiary/aromatic N) is 4. The van der Waals surface area contributed by atoms with E-state index in [1.54, 1.807) is 7.11 Å². The van der Waals surface area contributed by atoms with E-state index in [2.05, 4.69) is 37.5 Å². The molecule has 1 atom stereocenters. The summed E-state index contributed by atoms with van der Waals surface area (Å²) in [4.78, 5) is 11.0. The largest absolute Gasteiger partial charge is 0.497 e. The van der Waals surface area contributed by atoms with Gasteiger partial charge in [0.2, 0.25) is 0 Å². The number of rotatable bonds is 5. The van der Waals surface area contributed by atoms with Gasteiger partial charge in [-0.2, -0.15) is 4.98 Å². The number of nitrogens with one attached hydrogen (secondary N) is 1. The van der Waals surface area contributed by atoms with Gasteiger partial charge in [0, 0.05) is 19.1 Å². The summed E-state index contributed by atoms with van der Waals surface area (Å²) in [7, 11) is 1.70. The van der Waals surface area contributed by atoms with Gasteiger partial charge in [-0.1, -0.05) is 17.3 Å². The lowest BCUT2D eigenvalue weighted by Gasteiger charge is -2.33. The zero-order chi connectivity index (χ0) is 17.9. The molecular formula is C19H23N5O2. The van der Waals surface area contributed by atoms with E-state index in [4.69, 9.17) is 9.26 Å². The van der Waals surface area contributed by atoms with Crippen LogP contribution in [0.25, 0.3) is 11.1 Å². The number of hydrogen-bond acceptors (Lipinski definition) is 7. The van der Waals surface area contributed by atoms with Crippen LogP contribution in [0.2, 0.25) is 0 Å². The van der Waals surface area contributed by atoms with Gasteiger partial charge in [0.15, 0.2) is 0 Å². The number of ether oxygens (including phenoxy) is 1. The predicted octanol–water partition coefficient (Wildman–Crippen LogP) is 3.01. The average Bonchev–Trinajstić information content (AvgIpc) is 3.04. The average molecular weight is 353 g/mol. The van der Waals surface area contributed by atoms with Crippen LogP contribution in [0.15, 0.2) is 35.1 Å². The third kappa shape index (κ3) is 3.48. The summed E-state index contributed by atoms with van der Waals surface area (Å²) in [5.74, 6) is 1.71. The Morgan fingerprint density at radius 2 is 2.27 bits per heavy atom. The molecule has 1 saturated heterocycles. The van der Waals surface area contributed by atoms with Crippen molar-refractivity contribution in [2.75, 3.05) is 25.5 Å². The van der Waals surface area contributed by atoms with Crippen molar-refractivity contribution in [1.82, 2.24) is 20.0 Å². The Labute approximate surface area is 152 Å². The van der Waals surface area contributed by atoms with Crippen molar-refractivity contribution in [3.05, 3.63) is 41.9 Å². The molecule has 3 heterocycles. The molecule has 0 amide bonds. The summed E-state index contributed by atoms with van der Waals surface area (Å²) in [6.45, 7) is 4.89. The van der Waals surface area contributed by atoms with E-state index >= 15 is 0 Å². The molecule has 0 aliphatic carbocycles. The van der Waals surface area contributed by atoms with E-state index in [9.17, 15) is 0 Å². The van der Waals surface area contributed by atoms with E-state index < -0.39 is 0 Å². The number of aryl methyl sites for hydroxylation is 1. The zero-order valence-corrected chi connectivity index (χ0v) is 15.1. The molecular weight excluding hydrogens is 330 g/mol. The first-order chi connectivity index (χ1) is 12.7. The number of methoxy groups -OCH3 is 1. The molecule has 7 nitrogen and oxygen atoms in total. The fourth-order valence-electron chi connectivity index (χ4n) is 3.57. The van der Waals surface area contributed by atoms with Crippen molar-refractivity contribution in [3.63, 3.8) is 0 Å². The van der Waals surface area contributed by atoms with Crippen molar-refractivity contribution in [1.29, 1.82) is 0 Å². The molecule has 0 spiro atoms. The number of hydrogen-bond donors (Lipinski definition) is 1. The van der Waals surface area contributed by atoms with Crippen LogP contribution < -0.4 is 10.1 Å². The molecule has 136 valence electrons. The lowest BCUT2D eigenvalue weighted by molar-refractivity contribution is 0.208. The lowest BCUT2D eigenvalue weighted by atomic mass is 10.0. The Hall–Kier alpha value is -2.67. The van der Waals surface area contributed by atoms with Gasteiger partial charge in [0.05, 0.1) is 12.8 Å². The monoisotopic (exact) mass is 353 g/mol. The fourth-order valence-corrected chi connectivity index (χ4v) is 3.57. The number of anilines is 1. The minimum atomic E-state index is 0.335. The minimum absolute atomic E-state index is 0.335. The van der Waals surface area contributed by atoms with Crippen LogP contribution in [0.4, 0.5) is 5.82 Å². The van der Waals surface area contributed by atoms with Crippen molar-refractivity contribution in [2.45, 2.75) is 32.4 Å². The smallest absolute Gasteiger partial charge is 0.263 e. The van der Waals surface area contributed by atoms with Crippen LogP contribution in [0.5, 0.6) is 5.75 Å². The molecule has 1 fully saturated rings. The summed E-state index contributed by atoms with van der Waals surface area (Å²) in [6.07, 6.45) is 3.79. The molecule has 1 unspecified atom stereocenters. The first kappa shape index (κ1) is 16.8. The van der Waals surface area contributed by atoms with Gasteiger partial charge < -0.3 is 14.6 Å². The second-order valence-corrected chi connectivity index (χ2v) is 6.74. The molecule has 4 rings (SSSR count). The third-order valence-electron chi connectivity index (χ3n) is 4.83. The summed E-state index contributed by atoms with van der Waals surface area (Å²) in [5, 5.41) is 8.44. The Morgan fingerprint density at radius 1 is 1.35 bits per heavy atom. The quantitative estimate of drug-likeness (QED) is 0.755. The second-order valence-electron chi connectivity index (χ2n) is 6.74. The van der Waals surface area contributed by atoms with E-state index in [0.717, 1.165) is 55.1 Å². The Balaban J connectivity index is 1.45. The molecule has 3 aromatic rings. The van der Waals surface area contributed by atoms with Crippen LogP contribution in [0.3, 0.4) is 0 Å². The van der Waals surface area contributed by atoms with Crippen molar-refractivity contribution >= 4 is 16.9 Å². The fraction of sp³-hybridized carbons (Fsp3) is 0.421. The van der Waals surface area contributed by atoms with Crippen LogP contribution in [0.1, 0.15) is 24.1 Å². The second kappa shape index (κ2) is 7.29. The lowest BCUT2D eigenvalue weighted by Crippen LogP contribution is -2.41. The Morgan fingerprint density at radius 3 is 3.15 bits per heavy atom. The topological polar surface area (TPSA) is 76.3 Å². The van der Waals surface area contributed by atoms with Crippen molar-refractivity contribution in [3.8, 4) is 5.75 Å². The van der Waals surface area contributed by atoms with E-state index in [0.29, 0.717) is 11.8 Å². The molecule has 1 aliphatic rings. The van der Waals surface area contributed by atoms with Crippen LogP contribution in [-0.2, 0) is 6.54 Å². The van der Waals surface area contributed by atoms with E-state index in [1.807, 2.05) is 19.1 Å². The van der Waals surface area contributed by atoms with Crippen molar-refractivity contribution in [2.24, 2.45) is 0 Å². The first-order valence-electron chi connectivity index (χ1n) is 8.92. The van der Waals surface area contributed by atoms with Gasteiger partial charge in [-0.15, -0.1) is 0 Å². The Bertz CT molecular complexity index is 895. The van der Waals surface area contributed by atoms with Crippen LogP contribution in [0, 0.1) is 6.92 Å². The first-order valence-corrected chi connectivity index (χ1v) is 8.92. The predicted molar refractivity (Wildman–Crippen MR) is 99.3 cm³/mol. The normalized spacial score (nSPS) is 18.2. The number of piperidine rings is 1. The molecule has 1 aliphatic heterocycles. The molecule has 0 bridgehead atoms. The number of aromatic nitrogens is 3. The number of benzene rings is 1. The van der Waals surface area contributed by atoms with Crippen LogP contribution in [-0.4, -0.2) is 46.3 Å². The maximum absolute atomic E-state index is 5.33. The molecule has 1 N–H and O–H groups in total. The highest BCUT2D eigenvalue weighted by molar-refractivity contribution is 5.87. The molecule has 26 heavy (non-hydrogen) atoms. The summed E-state index contributed by atoms with van der Waals surface area (Å²) < 4.78 is 10.6. The van der Waals surface area contributed by atoms with Crippen LogP contribution >= 0.6 is 0 Å². The highest BCUT2D eigenvalue weighted by Crippen LogP contribution is 2.25. The Kier molecular flexibility index (Phi) is 4.71. The molecule has 0 radical (unpaired) electrons. The zero-order valence-electron chi connectivity index (χ0n) is 15.1. The van der Waals surface area contributed by atoms with Crippen molar-refractivity contribution < 1.29 is 9.26 Å². The maximum atomic E-state index is 5.33. The van der Waals surface area contributed by atoms with Gasteiger partial charge in [0.1, 0.15) is 23.3 Å². The van der Waals surface area contributed by atoms with Gasteiger partial charge >= 0.3 is 0 Å². The maximum Gasteiger partial charge on any atom is 0.263 e. The van der Waals surface area contributed by atoms with Gasteiger partial charge in [0.25, 0.3) is 5.71 Å². The highest BCUT2D eigenvalue weighted by atomic mass is 16.5. The number of likely N-dealkylation sites (tertiary alicyclic amines) is 1.